The summed E-state index contributed by atoms with van der Waals surface area (Å²) in [5, 5.41) is 14.6. The van der Waals surface area contributed by atoms with Crippen LogP contribution in [-0.4, -0.2) is 22.0 Å². The van der Waals surface area contributed by atoms with Crippen molar-refractivity contribution >= 4 is 0 Å². The van der Waals surface area contributed by atoms with Crippen LogP contribution >= 0.6 is 0 Å². The molecule has 0 aliphatic rings. The van der Waals surface area contributed by atoms with Crippen LogP contribution in [0.4, 0.5) is 0 Å². The summed E-state index contributed by atoms with van der Waals surface area (Å²) in [6.07, 6.45) is 2.07. The van der Waals surface area contributed by atoms with Crippen molar-refractivity contribution in [3.8, 4) is 5.75 Å². The van der Waals surface area contributed by atoms with Crippen molar-refractivity contribution in [1.82, 2.24) is 9.78 Å². The zero-order valence-corrected chi connectivity index (χ0v) is 10.8. The molecule has 1 heterocycles. The van der Waals surface area contributed by atoms with Crippen molar-refractivity contribution in [2.75, 3.05) is 7.11 Å². The molecule has 1 aromatic rings. The summed E-state index contributed by atoms with van der Waals surface area (Å²) in [6.45, 7) is 8.88. The van der Waals surface area contributed by atoms with Crippen LogP contribution in [0, 0.1) is 5.41 Å². The number of aliphatic hydroxyl groups is 1. The zero-order chi connectivity index (χ0) is 12.3. The zero-order valence-electron chi connectivity index (χ0n) is 10.8. The lowest BCUT2D eigenvalue weighted by molar-refractivity contribution is 0.0522. The van der Waals surface area contributed by atoms with Gasteiger partial charge in [-0.15, -0.1) is 0 Å². The van der Waals surface area contributed by atoms with Crippen molar-refractivity contribution in [3.05, 3.63) is 11.9 Å². The molecular weight excluding hydrogens is 204 g/mol. The summed E-state index contributed by atoms with van der Waals surface area (Å²) >= 11 is 0. The standard InChI is InChI=1S/C12H22N2O2/c1-6-7-14-10(9(16-5)8-13-14)11(15)12(2,3)4/h8,11,15H,6-7H2,1-5H3. The van der Waals surface area contributed by atoms with Crippen LogP contribution in [0.25, 0.3) is 0 Å². The summed E-state index contributed by atoms with van der Waals surface area (Å²) in [7, 11) is 1.60. The monoisotopic (exact) mass is 226 g/mol. The van der Waals surface area contributed by atoms with Gasteiger partial charge >= 0.3 is 0 Å². The summed E-state index contributed by atoms with van der Waals surface area (Å²) in [5.74, 6) is 0.663. The maximum absolute atomic E-state index is 10.3. The minimum absolute atomic E-state index is 0.223. The SMILES string of the molecule is CCCn1ncc(OC)c1C(O)C(C)(C)C. The van der Waals surface area contributed by atoms with Gasteiger partial charge in [-0.05, 0) is 11.8 Å². The minimum atomic E-state index is -0.573. The highest BCUT2D eigenvalue weighted by atomic mass is 16.5. The normalized spacial score (nSPS) is 13.9. The Kier molecular flexibility index (Phi) is 3.97. The Bertz CT molecular complexity index is 339. The predicted octanol–water partition coefficient (Wildman–Crippen LogP) is 2.38. The van der Waals surface area contributed by atoms with Gasteiger partial charge in [-0.25, -0.2) is 0 Å². The smallest absolute Gasteiger partial charge is 0.162 e. The molecule has 4 heteroatoms. The van der Waals surface area contributed by atoms with Gasteiger partial charge in [0.2, 0.25) is 0 Å². The molecule has 0 aromatic carbocycles. The number of aryl methyl sites for hydroxylation is 1. The fourth-order valence-corrected chi connectivity index (χ4v) is 1.61. The molecule has 0 amide bonds. The van der Waals surface area contributed by atoms with Crippen LogP contribution in [0.15, 0.2) is 6.20 Å². The van der Waals surface area contributed by atoms with Gasteiger partial charge in [0, 0.05) is 6.54 Å². The van der Waals surface area contributed by atoms with E-state index in [-0.39, 0.29) is 5.41 Å². The molecule has 0 fully saturated rings. The predicted molar refractivity (Wildman–Crippen MR) is 63.5 cm³/mol. The second-order valence-corrected chi connectivity index (χ2v) is 5.09. The van der Waals surface area contributed by atoms with Crippen molar-refractivity contribution < 1.29 is 9.84 Å². The van der Waals surface area contributed by atoms with E-state index in [0.29, 0.717) is 5.75 Å². The summed E-state index contributed by atoms with van der Waals surface area (Å²) < 4.78 is 7.07. The molecule has 0 aliphatic heterocycles. The fourth-order valence-electron chi connectivity index (χ4n) is 1.61. The highest BCUT2D eigenvalue weighted by molar-refractivity contribution is 5.28. The quantitative estimate of drug-likeness (QED) is 0.857. The molecule has 92 valence electrons. The van der Waals surface area contributed by atoms with Gasteiger partial charge in [0.15, 0.2) is 5.75 Å². The molecule has 1 N–H and O–H groups in total. The fraction of sp³-hybridized carbons (Fsp3) is 0.750. The summed E-state index contributed by atoms with van der Waals surface area (Å²) in [5.41, 5.74) is 0.551. The number of nitrogens with zero attached hydrogens (tertiary/aromatic N) is 2. The Morgan fingerprint density at radius 2 is 2.12 bits per heavy atom. The molecule has 0 aliphatic carbocycles. The molecule has 1 atom stereocenters. The molecule has 0 saturated carbocycles. The number of rotatable bonds is 4. The Balaban J connectivity index is 3.12. The molecule has 0 bridgehead atoms. The number of methoxy groups -OCH3 is 1. The first kappa shape index (κ1) is 13.0. The van der Waals surface area contributed by atoms with Crippen LogP contribution in [0.1, 0.15) is 45.9 Å². The molecule has 4 nitrogen and oxygen atoms in total. The molecule has 0 saturated heterocycles. The van der Waals surface area contributed by atoms with E-state index in [1.54, 1.807) is 13.3 Å². The molecule has 1 aromatic heterocycles. The lowest BCUT2D eigenvalue weighted by atomic mass is 9.87. The second-order valence-electron chi connectivity index (χ2n) is 5.09. The average molecular weight is 226 g/mol. The van der Waals surface area contributed by atoms with Gasteiger partial charge < -0.3 is 9.84 Å². The first-order chi connectivity index (χ1) is 7.41. The van der Waals surface area contributed by atoms with Crippen molar-refractivity contribution in [2.45, 2.75) is 46.8 Å². The van der Waals surface area contributed by atoms with Crippen molar-refractivity contribution in [2.24, 2.45) is 5.41 Å². The van der Waals surface area contributed by atoms with E-state index in [4.69, 9.17) is 4.74 Å². The Morgan fingerprint density at radius 1 is 1.50 bits per heavy atom. The van der Waals surface area contributed by atoms with Crippen LogP contribution in [0.2, 0.25) is 0 Å². The third kappa shape index (κ3) is 2.55. The van der Waals surface area contributed by atoms with Gasteiger partial charge in [-0.3, -0.25) is 4.68 Å². The molecular formula is C12H22N2O2. The van der Waals surface area contributed by atoms with E-state index >= 15 is 0 Å². The molecule has 16 heavy (non-hydrogen) atoms. The van der Waals surface area contributed by atoms with Crippen LogP contribution in [-0.2, 0) is 6.54 Å². The van der Waals surface area contributed by atoms with Gasteiger partial charge in [-0.1, -0.05) is 27.7 Å². The second kappa shape index (κ2) is 4.87. The van der Waals surface area contributed by atoms with E-state index in [0.717, 1.165) is 18.7 Å². The third-order valence-electron chi connectivity index (χ3n) is 2.58. The Morgan fingerprint density at radius 3 is 2.56 bits per heavy atom. The van der Waals surface area contributed by atoms with E-state index in [2.05, 4.69) is 12.0 Å². The lowest BCUT2D eigenvalue weighted by Crippen LogP contribution is -2.22. The first-order valence-electron chi connectivity index (χ1n) is 5.69. The van der Waals surface area contributed by atoms with E-state index in [9.17, 15) is 5.11 Å². The van der Waals surface area contributed by atoms with E-state index < -0.39 is 6.10 Å². The number of aliphatic hydroxyl groups excluding tert-OH is 1. The van der Waals surface area contributed by atoms with Crippen molar-refractivity contribution in [1.29, 1.82) is 0 Å². The van der Waals surface area contributed by atoms with Gasteiger partial charge in [0.05, 0.1) is 13.3 Å². The summed E-state index contributed by atoms with van der Waals surface area (Å²) in [6, 6.07) is 0. The highest BCUT2D eigenvalue weighted by Gasteiger charge is 2.30. The van der Waals surface area contributed by atoms with E-state index in [1.165, 1.54) is 0 Å². The first-order valence-corrected chi connectivity index (χ1v) is 5.69. The van der Waals surface area contributed by atoms with E-state index in [1.807, 2.05) is 25.5 Å². The van der Waals surface area contributed by atoms with Crippen LogP contribution in [0.3, 0.4) is 0 Å². The van der Waals surface area contributed by atoms with Crippen LogP contribution < -0.4 is 4.74 Å². The highest BCUT2D eigenvalue weighted by Crippen LogP contribution is 2.37. The minimum Gasteiger partial charge on any atom is -0.493 e. The number of aromatic nitrogens is 2. The molecule has 1 rings (SSSR count). The Labute approximate surface area is 97.2 Å². The number of ether oxygens (including phenoxy) is 1. The lowest BCUT2D eigenvalue weighted by Gasteiger charge is -2.27. The largest absolute Gasteiger partial charge is 0.493 e. The molecule has 0 radical (unpaired) electrons. The van der Waals surface area contributed by atoms with Gasteiger partial charge in [-0.2, -0.15) is 5.10 Å². The molecule has 1 unspecified atom stereocenters. The maximum atomic E-state index is 10.3. The van der Waals surface area contributed by atoms with Gasteiger partial charge in [0.1, 0.15) is 11.8 Å². The maximum Gasteiger partial charge on any atom is 0.162 e. The topological polar surface area (TPSA) is 47.3 Å². The number of hydrogen-bond acceptors (Lipinski definition) is 3. The molecule has 0 spiro atoms. The third-order valence-corrected chi connectivity index (χ3v) is 2.58. The summed E-state index contributed by atoms with van der Waals surface area (Å²) in [4.78, 5) is 0. The van der Waals surface area contributed by atoms with Crippen molar-refractivity contribution in [3.63, 3.8) is 0 Å². The Hall–Kier alpha value is -1.03. The average Bonchev–Trinajstić information content (AvgIpc) is 2.58. The number of hydrogen-bond donors (Lipinski definition) is 1. The van der Waals surface area contributed by atoms with Gasteiger partial charge in [0.25, 0.3) is 0 Å². The van der Waals surface area contributed by atoms with Crippen LogP contribution in [0.5, 0.6) is 5.75 Å².